The number of aryl methyl sites for hydroxylation is 1. The number of nitrogens with one attached hydrogen (secondary N) is 1. The van der Waals surface area contributed by atoms with Crippen LogP contribution in [0.4, 0.5) is 0 Å². The molecule has 0 heterocycles. The molecule has 0 saturated heterocycles. The van der Waals surface area contributed by atoms with Crippen LogP contribution in [0.5, 0.6) is 5.75 Å². The summed E-state index contributed by atoms with van der Waals surface area (Å²) in [4.78, 5) is 11.8. The van der Waals surface area contributed by atoms with Crippen LogP contribution in [0.3, 0.4) is 0 Å². The van der Waals surface area contributed by atoms with E-state index in [1.165, 1.54) is 5.56 Å². The predicted octanol–water partition coefficient (Wildman–Crippen LogP) is 3.85. The van der Waals surface area contributed by atoms with E-state index in [9.17, 15) is 9.90 Å². The van der Waals surface area contributed by atoms with Crippen molar-refractivity contribution in [2.45, 2.75) is 52.2 Å². The van der Waals surface area contributed by atoms with Crippen molar-refractivity contribution in [3.63, 3.8) is 0 Å². The fourth-order valence-corrected chi connectivity index (χ4v) is 2.98. The molecule has 0 fully saturated rings. The molecular weight excluding hydrogens is 364 g/mol. The fourth-order valence-electron chi connectivity index (χ4n) is 2.98. The number of aliphatic hydroxyl groups is 1. The van der Waals surface area contributed by atoms with Crippen LogP contribution in [-0.2, 0) is 6.42 Å². The third-order valence-electron chi connectivity index (χ3n) is 5.24. The number of hydrogen-bond acceptors (Lipinski definition) is 4. The Labute approximate surface area is 174 Å². The molecule has 0 aliphatic carbocycles. The second-order valence-corrected chi connectivity index (χ2v) is 7.79. The lowest BCUT2D eigenvalue weighted by molar-refractivity contribution is 0.0995. The van der Waals surface area contributed by atoms with E-state index in [1.54, 1.807) is 18.2 Å². The highest BCUT2D eigenvalue weighted by Gasteiger charge is 2.16. The maximum atomic E-state index is 11.8. The van der Waals surface area contributed by atoms with Crippen molar-refractivity contribution in [2.75, 3.05) is 13.2 Å². The van der Waals surface area contributed by atoms with E-state index in [2.05, 4.69) is 38.2 Å². The molecule has 0 aliphatic heterocycles. The first-order valence-electron chi connectivity index (χ1n) is 10.4. The normalized spacial score (nSPS) is 14.2. The highest BCUT2D eigenvalue weighted by Crippen LogP contribution is 2.24. The van der Waals surface area contributed by atoms with Crippen LogP contribution in [-0.4, -0.2) is 30.2 Å². The number of carbonyl (C=O) groups excluding carboxylic acids is 1. The number of primary amides is 1. The molecule has 5 heteroatoms. The smallest absolute Gasteiger partial charge is 0.252 e. The van der Waals surface area contributed by atoms with E-state index in [-0.39, 0.29) is 6.04 Å². The topological polar surface area (TPSA) is 84.6 Å². The van der Waals surface area contributed by atoms with Gasteiger partial charge >= 0.3 is 0 Å². The maximum absolute atomic E-state index is 11.8. The van der Waals surface area contributed by atoms with Crippen molar-refractivity contribution < 1.29 is 14.6 Å². The van der Waals surface area contributed by atoms with Gasteiger partial charge in [-0.25, -0.2) is 0 Å². The van der Waals surface area contributed by atoms with Gasteiger partial charge in [-0.05, 0) is 48.9 Å². The minimum atomic E-state index is -0.726. The maximum Gasteiger partial charge on any atom is 0.252 e. The van der Waals surface area contributed by atoms with E-state index in [0.29, 0.717) is 35.9 Å². The van der Waals surface area contributed by atoms with Crippen molar-refractivity contribution >= 4 is 5.91 Å². The summed E-state index contributed by atoms with van der Waals surface area (Å²) in [6.07, 6.45) is 2.23. The molecule has 0 aliphatic rings. The number of rotatable bonds is 12. The van der Waals surface area contributed by atoms with Gasteiger partial charge in [0.05, 0.1) is 18.3 Å². The van der Waals surface area contributed by atoms with Crippen molar-refractivity contribution in [1.82, 2.24) is 5.32 Å². The Morgan fingerprint density at radius 3 is 2.55 bits per heavy atom. The molecular formula is C24H34N2O3. The average molecular weight is 399 g/mol. The Bertz CT molecular complexity index is 764. The highest BCUT2D eigenvalue weighted by molar-refractivity contribution is 5.95. The van der Waals surface area contributed by atoms with Crippen LogP contribution in [0.25, 0.3) is 0 Å². The van der Waals surface area contributed by atoms with Gasteiger partial charge in [0.15, 0.2) is 0 Å². The van der Waals surface area contributed by atoms with E-state index < -0.39 is 12.0 Å². The van der Waals surface area contributed by atoms with Gasteiger partial charge in [0.1, 0.15) is 5.75 Å². The van der Waals surface area contributed by atoms with Crippen molar-refractivity contribution in [1.29, 1.82) is 0 Å². The van der Waals surface area contributed by atoms with Crippen LogP contribution in [0.15, 0.2) is 48.5 Å². The molecule has 3 unspecified atom stereocenters. The van der Waals surface area contributed by atoms with Gasteiger partial charge in [-0.1, -0.05) is 56.7 Å². The Morgan fingerprint density at radius 1 is 1.17 bits per heavy atom. The van der Waals surface area contributed by atoms with Crippen LogP contribution in [0, 0.1) is 5.92 Å². The van der Waals surface area contributed by atoms with Crippen molar-refractivity contribution in [3.8, 4) is 5.75 Å². The highest BCUT2D eigenvalue weighted by atomic mass is 16.5. The number of aliphatic hydroxyl groups excluding tert-OH is 1. The van der Waals surface area contributed by atoms with Crippen LogP contribution in [0.2, 0.25) is 0 Å². The van der Waals surface area contributed by atoms with Gasteiger partial charge in [0, 0.05) is 12.6 Å². The molecule has 2 aromatic carbocycles. The number of benzene rings is 2. The molecule has 158 valence electrons. The van der Waals surface area contributed by atoms with E-state index in [0.717, 1.165) is 19.3 Å². The number of hydrogen-bond donors (Lipinski definition) is 3. The summed E-state index contributed by atoms with van der Waals surface area (Å²) >= 11 is 0. The summed E-state index contributed by atoms with van der Waals surface area (Å²) in [6, 6.07) is 15.8. The number of ether oxygens (including phenoxy) is 1. The van der Waals surface area contributed by atoms with Crippen LogP contribution in [0.1, 0.15) is 61.2 Å². The number of amides is 1. The standard InChI is InChI=1S/C24H34N2O3/c1-4-17(2)16-29-23-13-12-20(14-21(23)24(25)28)22(27)15-26-18(3)10-11-19-8-6-5-7-9-19/h5-9,12-14,17-18,22,26-27H,4,10-11,15-16H2,1-3H3,(H2,25,28). The zero-order chi connectivity index (χ0) is 21.2. The second kappa shape index (κ2) is 11.6. The summed E-state index contributed by atoms with van der Waals surface area (Å²) < 4.78 is 5.76. The summed E-state index contributed by atoms with van der Waals surface area (Å²) in [5.41, 5.74) is 7.79. The Kier molecular flexibility index (Phi) is 9.16. The SMILES string of the molecule is CCC(C)COc1ccc(C(O)CNC(C)CCc2ccccc2)cc1C(N)=O. The molecule has 0 bridgehead atoms. The molecule has 0 radical (unpaired) electrons. The average Bonchev–Trinajstić information content (AvgIpc) is 2.74. The fraction of sp³-hybridized carbons (Fsp3) is 0.458. The Hall–Kier alpha value is -2.37. The zero-order valence-electron chi connectivity index (χ0n) is 17.7. The van der Waals surface area contributed by atoms with Gasteiger partial charge in [0.25, 0.3) is 5.91 Å². The predicted molar refractivity (Wildman–Crippen MR) is 117 cm³/mol. The first-order valence-corrected chi connectivity index (χ1v) is 10.4. The molecule has 29 heavy (non-hydrogen) atoms. The van der Waals surface area contributed by atoms with Gasteiger partial charge in [-0.3, -0.25) is 4.79 Å². The monoisotopic (exact) mass is 398 g/mol. The quantitative estimate of drug-likeness (QED) is 0.507. The van der Waals surface area contributed by atoms with Gasteiger partial charge < -0.3 is 20.9 Å². The Morgan fingerprint density at radius 2 is 1.90 bits per heavy atom. The van der Waals surface area contributed by atoms with Gasteiger partial charge in [-0.2, -0.15) is 0 Å². The van der Waals surface area contributed by atoms with Crippen molar-refractivity contribution in [2.24, 2.45) is 11.7 Å². The third-order valence-corrected chi connectivity index (χ3v) is 5.24. The molecule has 5 nitrogen and oxygen atoms in total. The molecule has 2 rings (SSSR count). The summed E-state index contributed by atoms with van der Waals surface area (Å²) in [5, 5.41) is 13.9. The van der Waals surface area contributed by atoms with E-state index in [1.807, 2.05) is 18.2 Å². The molecule has 2 aromatic rings. The zero-order valence-corrected chi connectivity index (χ0v) is 17.7. The molecule has 3 atom stereocenters. The van der Waals surface area contributed by atoms with E-state index >= 15 is 0 Å². The number of carbonyl (C=O) groups is 1. The summed E-state index contributed by atoms with van der Waals surface area (Å²) in [5.74, 6) is 0.308. The second-order valence-electron chi connectivity index (χ2n) is 7.79. The first-order chi connectivity index (χ1) is 13.9. The molecule has 1 amide bonds. The molecule has 0 aromatic heterocycles. The number of nitrogens with two attached hydrogens (primary N) is 1. The Balaban J connectivity index is 1.91. The lowest BCUT2D eigenvalue weighted by Gasteiger charge is -2.19. The lowest BCUT2D eigenvalue weighted by atomic mass is 10.0. The van der Waals surface area contributed by atoms with Crippen molar-refractivity contribution in [3.05, 3.63) is 65.2 Å². The van der Waals surface area contributed by atoms with Gasteiger partial charge in [0.2, 0.25) is 0 Å². The van der Waals surface area contributed by atoms with E-state index in [4.69, 9.17) is 10.5 Å². The minimum absolute atomic E-state index is 0.263. The third kappa shape index (κ3) is 7.52. The van der Waals surface area contributed by atoms with Crippen LogP contribution < -0.4 is 15.8 Å². The molecule has 0 saturated carbocycles. The summed E-state index contributed by atoms with van der Waals surface area (Å²) in [7, 11) is 0. The largest absolute Gasteiger partial charge is 0.492 e. The summed E-state index contributed by atoms with van der Waals surface area (Å²) in [6.45, 7) is 7.22. The molecule has 0 spiro atoms. The van der Waals surface area contributed by atoms with Crippen LogP contribution >= 0.6 is 0 Å². The molecule has 4 N–H and O–H groups in total. The minimum Gasteiger partial charge on any atom is -0.492 e. The van der Waals surface area contributed by atoms with Gasteiger partial charge in [-0.15, -0.1) is 0 Å². The lowest BCUT2D eigenvalue weighted by Crippen LogP contribution is -2.31. The first kappa shape index (κ1) is 22.9.